The number of carbonyl (C=O) groups is 1. The molecule has 0 bridgehead atoms. The molecule has 0 unspecified atom stereocenters. The molecule has 0 aromatic heterocycles. The van der Waals surface area contributed by atoms with Gasteiger partial charge in [0.2, 0.25) is 0 Å². The van der Waals surface area contributed by atoms with Gasteiger partial charge in [-0.2, -0.15) is 0 Å². The summed E-state index contributed by atoms with van der Waals surface area (Å²) in [7, 11) is 0. The Labute approximate surface area is 204 Å². The first-order valence-corrected chi connectivity index (χ1v) is 13.6. The van der Waals surface area contributed by atoms with Crippen LogP contribution in [0.25, 0.3) is 0 Å². The minimum Gasteiger partial charge on any atom is -0.459 e. The summed E-state index contributed by atoms with van der Waals surface area (Å²) >= 11 is 12.1. The van der Waals surface area contributed by atoms with Crippen LogP contribution in [0.2, 0.25) is 10.0 Å². The lowest BCUT2D eigenvalue weighted by Crippen LogP contribution is -2.31. The Kier molecular flexibility index (Phi) is 8.62. The molecule has 4 heteroatoms. The van der Waals surface area contributed by atoms with Gasteiger partial charge in [-0.15, -0.1) is 6.58 Å². The van der Waals surface area contributed by atoms with Crippen molar-refractivity contribution in [1.82, 2.24) is 0 Å². The highest BCUT2D eigenvalue weighted by Crippen LogP contribution is 2.46. The molecule has 1 aromatic rings. The van der Waals surface area contributed by atoms with E-state index >= 15 is 0 Å². The fraction of sp³-hybridized carbons (Fsp3) is 0.679. The Morgan fingerprint density at radius 1 is 0.844 bits per heavy atom. The number of hydrogen-bond acceptors (Lipinski definition) is 2. The zero-order valence-corrected chi connectivity index (χ0v) is 20.8. The smallest absolute Gasteiger partial charge is 0.339 e. The van der Waals surface area contributed by atoms with Crippen LogP contribution in [-0.4, -0.2) is 12.1 Å². The molecule has 0 atom stereocenters. The molecule has 0 N–H and O–H groups in total. The van der Waals surface area contributed by atoms with Crippen molar-refractivity contribution in [3.63, 3.8) is 0 Å². The zero-order valence-electron chi connectivity index (χ0n) is 19.2. The van der Waals surface area contributed by atoms with E-state index in [1.54, 1.807) is 18.2 Å². The second kappa shape index (κ2) is 11.4. The predicted molar refractivity (Wildman–Crippen MR) is 133 cm³/mol. The van der Waals surface area contributed by atoms with Crippen LogP contribution in [0.3, 0.4) is 0 Å². The largest absolute Gasteiger partial charge is 0.459 e. The summed E-state index contributed by atoms with van der Waals surface area (Å²) in [5, 5.41) is 0.893. The molecule has 3 aliphatic carbocycles. The van der Waals surface area contributed by atoms with Gasteiger partial charge < -0.3 is 4.74 Å². The first kappa shape index (κ1) is 24.1. The monoisotopic (exact) mass is 476 g/mol. The highest BCUT2D eigenvalue weighted by Gasteiger charge is 2.35. The third-order valence-electron chi connectivity index (χ3n) is 8.68. The first-order chi connectivity index (χ1) is 15.5. The van der Waals surface area contributed by atoms with E-state index in [1.165, 1.54) is 70.6 Å². The molecule has 0 amide bonds. The fourth-order valence-corrected chi connectivity index (χ4v) is 7.25. The van der Waals surface area contributed by atoms with Crippen LogP contribution in [0.4, 0.5) is 0 Å². The molecule has 176 valence electrons. The van der Waals surface area contributed by atoms with Crippen molar-refractivity contribution >= 4 is 29.2 Å². The summed E-state index contributed by atoms with van der Waals surface area (Å²) < 4.78 is 5.78. The summed E-state index contributed by atoms with van der Waals surface area (Å²) in [6.45, 7) is 3.92. The normalized spacial score (nSPS) is 33.4. The maximum absolute atomic E-state index is 12.5. The van der Waals surface area contributed by atoms with Crippen molar-refractivity contribution < 1.29 is 9.53 Å². The molecular weight excluding hydrogens is 439 g/mol. The van der Waals surface area contributed by atoms with Gasteiger partial charge in [0, 0.05) is 5.02 Å². The third kappa shape index (κ3) is 6.11. The van der Waals surface area contributed by atoms with E-state index in [1.807, 2.05) is 0 Å². The SMILES string of the molecule is C=CCC1CCC(C2CCC(C3CCC(OC(=O)c4ccc(Cl)cc4Cl)CC3)CC2)CC1. The van der Waals surface area contributed by atoms with E-state index in [9.17, 15) is 4.79 Å². The molecule has 0 radical (unpaired) electrons. The number of halogens is 2. The Morgan fingerprint density at radius 3 is 1.84 bits per heavy atom. The summed E-state index contributed by atoms with van der Waals surface area (Å²) in [6, 6.07) is 4.94. The Hall–Kier alpha value is -0.990. The first-order valence-electron chi connectivity index (χ1n) is 12.8. The third-order valence-corrected chi connectivity index (χ3v) is 9.23. The van der Waals surface area contributed by atoms with E-state index in [-0.39, 0.29) is 12.1 Å². The van der Waals surface area contributed by atoms with Gasteiger partial charge in [-0.25, -0.2) is 4.79 Å². The number of ether oxygens (including phenoxy) is 1. The van der Waals surface area contributed by atoms with Crippen LogP contribution in [0.5, 0.6) is 0 Å². The van der Waals surface area contributed by atoms with E-state index in [4.69, 9.17) is 27.9 Å². The maximum Gasteiger partial charge on any atom is 0.339 e. The standard InChI is InChI=1S/C28H38Cl2O2/c1-2-3-19-4-6-20(7-5-19)21-8-10-22(11-9-21)23-12-15-25(16-13-23)32-28(31)26-17-14-24(29)18-27(26)30/h2,14,17-23,25H,1,3-13,15-16H2. The molecule has 1 aromatic carbocycles. The van der Waals surface area contributed by atoms with E-state index in [0.717, 1.165) is 42.4 Å². The maximum atomic E-state index is 12.5. The molecule has 0 heterocycles. The Balaban J connectivity index is 1.18. The van der Waals surface area contributed by atoms with Gasteiger partial charge in [0.05, 0.1) is 10.6 Å². The summed E-state index contributed by atoms with van der Waals surface area (Å²) in [6.07, 6.45) is 19.1. The van der Waals surface area contributed by atoms with Gasteiger partial charge in [0.1, 0.15) is 6.10 Å². The minimum absolute atomic E-state index is 0.0209. The molecule has 3 fully saturated rings. The Morgan fingerprint density at radius 2 is 1.34 bits per heavy atom. The van der Waals surface area contributed by atoms with Crippen LogP contribution >= 0.6 is 23.2 Å². The molecule has 3 aliphatic rings. The molecule has 0 spiro atoms. The van der Waals surface area contributed by atoms with Crippen molar-refractivity contribution in [2.45, 2.75) is 89.6 Å². The van der Waals surface area contributed by atoms with Gasteiger partial charge in [-0.3, -0.25) is 0 Å². The molecule has 0 saturated heterocycles. The molecule has 3 saturated carbocycles. The molecule has 0 aliphatic heterocycles. The van der Waals surface area contributed by atoms with Gasteiger partial charge in [0.25, 0.3) is 0 Å². The van der Waals surface area contributed by atoms with Gasteiger partial charge in [-0.05, 0) is 131 Å². The molecule has 32 heavy (non-hydrogen) atoms. The number of rotatable bonds is 6. The van der Waals surface area contributed by atoms with E-state index in [2.05, 4.69) is 12.7 Å². The van der Waals surface area contributed by atoms with Gasteiger partial charge in [-0.1, -0.05) is 29.3 Å². The number of hydrogen-bond donors (Lipinski definition) is 0. The Bertz CT molecular complexity index is 768. The van der Waals surface area contributed by atoms with Crippen molar-refractivity contribution in [2.75, 3.05) is 0 Å². The van der Waals surface area contributed by atoms with Crippen molar-refractivity contribution in [3.8, 4) is 0 Å². The predicted octanol–water partition coefficient (Wildman–Crippen LogP) is 8.90. The fourth-order valence-electron chi connectivity index (χ4n) is 6.77. The van der Waals surface area contributed by atoms with Crippen LogP contribution < -0.4 is 0 Å². The summed E-state index contributed by atoms with van der Waals surface area (Å²) in [5.74, 6) is 4.22. The van der Waals surface area contributed by atoms with Crippen molar-refractivity contribution in [1.29, 1.82) is 0 Å². The number of allylic oxidation sites excluding steroid dienone is 1. The topological polar surface area (TPSA) is 26.3 Å². The van der Waals surface area contributed by atoms with Crippen LogP contribution in [0.15, 0.2) is 30.9 Å². The zero-order chi connectivity index (χ0) is 22.5. The highest BCUT2D eigenvalue weighted by atomic mass is 35.5. The molecular formula is C28H38Cl2O2. The van der Waals surface area contributed by atoms with Crippen molar-refractivity contribution in [2.24, 2.45) is 29.6 Å². The van der Waals surface area contributed by atoms with Crippen LogP contribution in [0.1, 0.15) is 93.8 Å². The number of esters is 1. The summed E-state index contributed by atoms with van der Waals surface area (Å²) in [4.78, 5) is 12.5. The lowest BCUT2D eigenvalue weighted by atomic mass is 9.65. The minimum atomic E-state index is -0.321. The van der Waals surface area contributed by atoms with Crippen molar-refractivity contribution in [3.05, 3.63) is 46.5 Å². The number of benzene rings is 1. The lowest BCUT2D eigenvalue weighted by molar-refractivity contribution is 0.0100. The average molecular weight is 478 g/mol. The molecule has 2 nitrogen and oxygen atoms in total. The van der Waals surface area contributed by atoms with Gasteiger partial charge >= 0.3 is 5.97 Å². The second-order valence-electron chi connectivity index (χ2n) is 10.5. The quantitative estimate of drug-likeness (QED) is 0.302. The number of carbonyl (C=O) groups excluding carboxylic acids is 1. The lowest BCUT2D eigenvalue weighted by Gasteiger charge is -2.41. The van der Waals surface area contributed by atoms with E-state index in [0.29, 0.717) is 15.6 Å². The van der Waals surface area contributed by atoms with Gasteiger partial charge in [0.15, 0.2) is 0 Å². The highest BCUT2D eigenvalue weighted by molar-refractivity contribution is 6.36. The average Bonchev–Trinajstić information content (AvgIpc) is 2.80. The van der Waals surface area contributed by atoms with E-state index < -0.39 is 0 Å². The van der Waals surface area contributed by atoms with Crippen LogP contribution in [-0.2, 0) is 4.74 Å². The summed E-state index contributed by atoms with van der Waals surface area (Å²) in [5.41, 5.74) is 0.412. The second-order valence-corrected chi connectivity index (χ2v) is 11.4. The van der Waals surface area contributed by atoms with Crippen LogP contribution in [0, 0.1) is 29.6 Å². The molecule has 4 rings (SSSR count).